The highest BCUT2D eigenvalue weighted by Gasteiger charge is 2.22. The highest BCUT2D eigenvalue weighted by molar-refractivity contribution is 7.98. The average Bonchev–Trinajstić information content (AvgIpc) is 3.37. The third-order valence-electron chi connectivity index (χ3n) is 5.11. The molecule has 0 spiro atoms. The molecule has 0 fully saturated rings. The standard InChI is InChI=1S/C18H21F2N5S2/c1-3-11-4-5-13-12(8-11)9-14(27-13)16-22-23-18(24(16)2)26-10-15-21-6-7-25(15)17(19)20/h6-7,9,11,17H,3-5,8,10H2,1-2H3. The first-order valence-corrected chi connectivity index (χ1v) is 10.8. The molecule has 3 aromatic rings. The summed E-state index contributed by atoms with van der Waals surface area (Å²) in [7, 11) is 1.92. The third-order valence-corrected chi connectivity index (χ3v) is 7.36. The van der Waals surface area contributed by atoms with Gasteiger partial charge in [-0.1, -0.05) is 25.1 Å². The van der Waals surface area contributed by atoms with Crippen LogP contribution < -0.4 is 0 Å². The monoisotopic (exact) mass is 409 g/mol. The van der Waals surface area contributed by atoms with E-state index in [1.54, 1.807) is 11.3 Å². The van der Waals surface area contributed by atoms with Crippen LogP contribution in [0.15, 0.2) is 23.6 Å². The highest BCUT2D eigenvalue weighted by atomic mass is 32.2. The number of halogens is 2. The van der Waals surface area contributed by atoms with Crippen molar-refractivity contribution in [2.24, 2.45) is 13.0 Å². The van der Waals surface area contributed by atoms with Crippen LogP contribution in [0, 0.1) is 5.92 Å². The van der Waals surface area contributed by atoms with Gasteiger partial charge in [-0.3, -0.25) is 4.57 Å². The van der Waals surface area contributed by atoms with Crippen LogP contribution in [0.1, 0.15) is 42.6 Å². The Morgan fingerprint density at radius 2 is 2.22 bits per heavy atom. The molecule has 9 heteroatoms. The highest BCUT2D eigenvalue weighted by Crippen LogP contribution is 2.38. The van der Waals surface area contributed by atoms with Crippen molar-refractivity contribution in [1.29, 1.82) is 0 Å². The zero-order valence-corrected chi connectivity index (χ0v) is 16.9. The third kappa shape index (κ3) is 3.67. The summed E-state index contributed by atoms with van der Waals surface area (Å²) >= 11 is 3.17. The minimum absolute atomic E-state index is 0.322. The lowest BCUT2D eigenvalue weighted by Gasteiger charge is -2.19. The second-order valence-corrected chi connectivity index (χ2v) is 8.84. The van der Waals surface area contributed by atoms with E-state index in [4.69, 9.17) is 0 Å². The molecule has 1 unspecified atom stereocenters. The Bertz CT molecular complexity index is 930. The van der Waals surface area contributed by atoms with Crippen molar-refractivity contribution in [1.82, 2.24) is 24.3 Å². The Kier molecular flexibility index (Phi) is 5.32. The number of thiophene rings is 1. The van der Waals surface area contributed by atoms with Gasteiger partial charge in [-0.25, -0.2) is 4.98 Å². The van der Waals surface area contributed by atoms with Crippen LogP contribution in [0.25, 0.3) is 10.7 Å². The van der Waals surface area contributed by atoms with Crippen LogP contribution in [-0.2, 0) is 25.6 Å². The number of aryl methyl sites for hydroxylation is 1. The SMILES string of the molecule is CCC1CCc2sc(-c3nnc(SCc4nccn4C(F)F)n3C)cc2C1. The van der Waals surface area contributed by atoms with Gasteiger partial charge in [-0.05, 0) is 36.8 Å². The van der Waals surface area contributed by atoms with E-state index in [1.165, 1.54) is 47.4 Å². The maximum Gasteiger partial charge on any atom is 0.319 e. The van der Waals surface area contributed by atoms with Gasteiger partial charge in [0.2, 0.25) is 0 Å². The number of alkyl halides is 2. The predicted octanol–water partition coefficient (Wildman–Crippen LogP) is 4.94. The second kappa shape index (κ2) is 7.71. The number of imidazole rings is 1. The fourth-order valence-corrected chi connectivity index (χ4v) is 5.56. The minimum Gasteiger partial charge on any atom is -0.304 e. The first kappa shape index (κ1) is 18.6. The first-order valence-electron chi connectivity index (χ1n) is 9.00. The zero-order chi connectivity index (χ0) is 19.0. The van der Waals surface area contributed by atoms with Gasteiger partial charge in [0.1, 0.15) is 5.82 Å². The van der Waals surface area contributed by atoms with Crippen LogP contribution >= 0.6 is 23.1 Å². The number of hydrogen-bond donors (Lipinski definition) is 0. The molecule has 144 valence electrons. The summed E-state index contributed by atoms with van der Waals surface area (Å²) in [6, 6.07) is 2.25. The van der Waals surface area contributed by atoms with E-state index in [9.17, 15) is 8.78 Å². The van der Waals surface area contributed by atoms with E-state index in [1.807, 2.05) is 11.6 Å². The van der Waals surface area contributed by atoms with Crippen LogP contribution in [0.3, 0.4) is 0 Å². The molecule has 0 bridgehead atoms. The van der Waals surface area contributed by atoms with Crippen molar-refractivity contribution in [2.75, 3.05) is 0 Å². The quantitative estimate of drug-likeness (QED) is 0.541. The number of thioether (sulfide) groups is 1. The van der Waals surface area contributed by atoms with Gasteiger partial charge in [0.15, 0.2) is 11.0 Å². The number of aromatic nitrogens is 5. The number of nitrogens with zero attached hydrogens (tertiary/aromatic N) is 5. The Morgan fingerprint density at radius 1 is 1.37 bits per heavy atom. The Morgan fingerprint density at radius 3 is 3.00 bits per heavy atom. The van der Waals surface area contributed by atoms with Gasteiger partial charge in [0.05, 0.1) is 10.6 Å². The van der Waals surface area contributed by atoms with Crippen LogP contribution in [0.4, 0.5) is 8.78 Å². The first-order chi connectivity index (χ1) is 13.1. The number of hydrogen-bond acceptors (Lipinski definition) is 5. The molecule has 3 aromatic heterocycles. The minimum atomic E-state index is -2.58. The molecular formula is C18H21F2N5S2. The van der Waals surface area contributed by atoms with E-state index < -0.39 is 6.55 Å². The van der Waals surface area contributed by atoms with Crippen molar-refractivity contribution < 1.29 is 8.78 Å². The van der Waals surface area contributed by atoms with E-state index in [0.717, 1.165) is 34.0 Å². The van der Waals surface area contributed by atoms with Crippen molar-refractivity contribution in [3.63, 3.8) is 0 Å². The molecule has 5 nitrogen and oxygen atoms in total. The van der Waals surface area contributed by atoms with Crippen molar-refractivity contribution in [3.8, 4) is 10.7 Å². The Balaban J connectivity index is 1.51. The zero-order valence-electron chi connectivity index (χ0n) is 15.2. The van der Waals surface area contributed by atoms with E-state index in [2.05, 4.69) is 28.2 Å². The van der Waals surface area contributed by atoms with Crippen LogP contribution in [0.2, 0.25) is 0 Å². The lowest BCUT2D eigenvalue weighted by molar-refractivity contribution is 0.0678. The molecule has 0 N–H and O–H groups in total. The summed E-state index contributed by atoms with van der Waals surface area (Å²) in [5.41, 5.74) is 1.45. The topological polar surface area (TPSA) is 48.5 Å². The van der Waals surface area contributed by atoms with Crippen molar-refractivity contribution in [3.05, 3.63) is 34.7 Å². The van der Waals surface area contributed by atoms with E-state index >= 15 is 0 Å². The van der Waals surface area contributed by atoms with Crippen molar-refractivity contribution in [2.45, 2.75) is 50.1 Å². The molecule has 0 saturated heterocycles. The van der Waals surface area contributed by atoms with E-state index in [-0.39, 0.29) is 0 Å². The molecule has 3 heterocycles. The smallest absolute Gasteiger partial charge is 0.304 e. The predicted molar refractivity (Wildman–Crippen MR) is 103 cm³/mol. The fourth-order valence-electron chi connectivity index (χ4n) is 3.48. The molecule has 4 rings (SSSR count). The summed E-state index contributed by atoms with van der Waals surface area (Å²) < 4.78 is 28.7. The molecule has 0 amide bonds. The fraction of sp³-hybridized carbons (Fsp3) is 0.500. The Hall–Kier alpha value is -1.74. The average molecular weight is 410 g/mol. The van der Waals surface area contributed by atoms with Gasteiger partial charge >= 0.3 is 6.55 Å². The molecule has 1 atom stereocenters. The largest absolute Gasteiger partial charge is 0.319 e. The van der Waals surface area contributed by atoms with Gasteiger partial charge in [-0.15, -0.1) is 21.5 Å². The van der Waals surface area contributed by atoms with Crippen LogP contribution in [0.5, 0.6) is 0 Å². The van der Waals surface area contributed by atoms with Gasteiger partial charge in [0, 0.05) is 24.3 Å². The van der Waals surface area contributed by atoms with E-state index in [0.29, 0.717) is 16.7 Å². The molecule has 0 saturated carbocycles. The summed E-state index contributed by atoms with van der Waals surface area (Å²) in [5, 5.41) is 9.32. The summed E-state index contributed by atoms with van der Waals surface area (Å²) in [4.78, 5) is 6.61. The Labute approximate surface area is 164 Å². The maximum absolute atomic E-state index is 12.9. The normalized spacial score (nSPS) is 16.9. The molecule has 0 aliphatic heterocycles. The van der Waals surface area contributed by atoms with Crippen LogP contribution in [-0.4, -0.2) is 24.3 Å². The van der Waals surface area contributed by atoms with Crippen molar-refractivity contribution >= 4 is 23.1 Å². The molecule has 1 aliphatic rings. The molecular weight excluding hydrogens is 388 g/mol. The number of fused-ring (bicyclic) bond motifs is 1. The lowest BCUT2D eigenvalue weighted by atomic mass is 9.87. The summed E-state index contributed by atoms with van der Waals surface area (Å²) in [6.07, 6.45) is 7.47. The molecule has 1 aliphatic carbocycles. The lowest BCUT2D eigenvalue weighted by Crippen LogP contribution is -2.10. The van der Waals surface area contributed by atoms with Gasteiger partial charge < -0.3 is 4.57 Å². The summed E-state index contributed by atoms with van der Waals surface area (Å²) in [6.45, 7) is -0.323. The van der Waals surface area contributed by atoms with Gasteiger partial charge in [0.25, 0.3) is 0 Å². The van der Waals surface area contributed by atoms with Gasteiger partial charge in [-0.2, -0.15) is 8.78 Å². The number of rotatable bonds is 6. The summed E-state index contributed by atoms with van der Waals surface area (Å²) in [5.74, 6) is 2.27. The second-order valence-electron chi connectivity index (χ2n) is 6.76. The molecule has 0 aromatic carbocycles. The maximum atomic E-state index is 12.9. The molecule has 27 heavy (non-hydrogen) atoms. The molecule has 0 radical (unpaired) electrons.